The highest BCUT2D eigenvalue weighted by Gasteiger charge is 2.24. The van der Waals surface area contributed by atoms with Gasteiger partial charge in [-0.25, -0.2) is 9.18 Å². The molecular formula is C20H22FN3O3. The number of amides is 3. The van der Waals surface area contributed by atoms with Gasteiger partial charge in [-0.1, -0.05) is 17.7 Å². The second-order valence-corrected chi connectivity index (χ2v) is 6.41. The molecule has 0 aromatic heterocycles. The summed E-state index contributed by atoms with van der Waals surface area (Å²) in [4.78, 5) is 27.9. The minimum absolute atomic E-state index is 0.110. The van der Waals surface area contributed by atoms with Crippen LogP contribution in [0.2, 0.25) is 0 Å². The number of rotatable bonds is 4. The van der Waals surface area contributed by atoms with Crippen LogP contribution in [0.1, 0.15) is 5.56 Å². The van der Waals surface area contributed by atoms with E-state index in [1.807, 2.05) is 31.2 Å². The summed E-state index contributed by atoms with van der Waals surface area (Å²) in [6.07, 6.45) is 0. The molecule has 0 aliphatic carbocycles. The molecule has 3 rings (SSSR count). The first-order valence-corrected chi connectivity index (χ1v) is 8.80. The third-order valence-corrected chi connectivity index (χ3v) is 4.40. The molecule has 0 unspecified atom stereocenters. The van der Waals surface area contributed by atoms with E-state index in [1.165, 1.54) is 24.3 Å². The van der Waals surface area contributed by atoms with Crippen molar-refractivity contribution in [2.75, 3.05) is 38.1 Å². The maximum absolute atomic E-state index is 12.9. The molecule has 2 aromatic carbocycles. The summed E-state index contributed by atoms with van der Waals surface area (Å²) < 4.78 is 18.3. The maximum atomic E-state index is 12.9. The van der Waals surface area contributed by atoms with Crippen LogP contribution in [0, 0.1) is 12.7 Å². The SMILES string of the molecule is Cc1ccc(NC(=O)N2CCN(C(=O)COc3ccc(F)cc3)CC2)cc1. The molecule has 1 saturated heterocycles. The van der Waals surface area contributed by atoms with Crippen molar-refractivity contribution in [3.63, 3.8) is 0 Å². The molecule has 1 aliphatic rings. The number of benzene rings is 2. The van der Waals surface area contributed by atoms with Gasteiger partial charge in [-0.2, -0.15) is 0 Å². The number of carbonyl (C=O) groups is 2. The summed E-state index contributed by atoms with van der Waals surface area (Å²) >= 11 is 0. The van der Waals surface area contributed by atoms with E-state index in [-0.39, 0.29) is 24.4 Å². The number of carbonyl (C=O) groups excluding carboxylic acids is 2. The number of urea groups is 1. The highest BCUT2D eigenvalue weighted by Crippen LogP contribution is 2.13. The molecule has 6 nitrogen and oxygen atoms in total. The zero-order valence-electron chi connectivity index (χ0n) is 15.2. The summed E-state index contributed by atoms with van der Waals surface area (Å²) in [7, 11) is 0. The van der Waals surface area contributed by atoms with Gasteiger partial charge in [0.25, 0.3) is 5.91 Å². The van der Waals surface area contributed by atoms with E-state index in [2.05, 4.69) is 5.32 Å². The van der Waals surface area contributed by atoms with E-state index in [0.29, 0.717) is 31.9 Å². The first-order chi connectivity index (χ1) is 13.0. The number of halogens is 1. The molecule has 3 amide bonds. The molecule has 27 heavy (non-hydrogen) atoms. The number of piperazine rings is 1. The largest absolute Gasteiger partial charge is 0.484 e. The van der Waals surface area contributed by atoms with Gasteiger partial charge in [0, 0.05) is 31.9 Å². The van der Waals surface area contributed by atoms with Gasteiger partial charge in [-0.15, -0.1) is 0 Å². The monoisotopic (exact) mass is 371 g/mol. The number of aryl methyl sites for hydroxylation is 1. The third kappa shape index (κ3) is 5.20. The molecule has 1 N–H and O–H groups in total. The van der Waals surface area contributed by atoms with Gasteiger partial charge in [0.2, 0.25) is 0 Å². The summed E-state index contributed by atoms with van der Waals surface area (Å²) in [5.74, 6) is -0.0625. The lowest BCUT2D eigenvalue weighted by Crippen LogP contribution is -2.52. The summed E-state index contributed by atoms with van der Waals surface area (Å²) in [6, 6.07) is 13.0. The fraction of sp³-hybridized carbons (Fsp3) is 0.300. The van der Waals surface area contributed by atoms with Crippen molar-refractivity contribution in [3.05, 3.63) is 59.9 Å². The summed E-state index contributed by atoms with van der Waals surface area (Å²) in [6.45, 7) is 3.70. The number of nitrogens with one attached hydrogen (secondary N) is 1. The standard InChI is InChI=1S/C20H22FN3O3/c1-15-2-6-17(7-3-15)22-20(26)24-12-10-23(11-13-24)19(25)14-27-18-8-4-16(21)5-9-18/h2-9H,10-14H2,1H3,(H,22,26). The lowest BCUT2D eigenvalue weighted by Gasteiger charge is -2.34. The Hall–Kier alpha value is -3.09. The Morgan fingerprint density at radius 2 is 1.56 bits per heavy atom. The van der Waals surface area contributed by atoms with Crippen LogP contribution in [0.15, 0.2) is 48.5 Å². The Labute approximate surface area is 157 Å². The van der Waals surface area contributed by atoms with Crippen molar-refractivity contribution in [1.29, 1.82) is 0 Å². The summed E-state index contributed by atoms with van der Waals surface area (Å²) in [5.41, 5.74) is 1.87. The smallest absolute Gasteiger partial charge is 0.321 e. The molecule has 0 radical (unpaired) electrons. The molecule has 1 fully saturated rings. The zero-order valence-corrected chi connectivity index (χ0v) is 15.2. The van der Waals surface area contributed by atoms with Crippen LogP contribution in [-0.4, -0.2) is 54.5 Å². The number of anilines is 1. The second-order valence-electron chi connectivity index (χ2n) is 6.41. The Bertz CT molecular complexity index is 785. The lowest BCUT2D eigenvalue weighted by atomic mass is 10.2. The minimum Gasteiger partial charge on any atom is -0.484 e. The van der Waals surface area contributed by atoms with E-state index >= 15 is 0 Å². The zero-order chi connectivity index (χ0) is 19.2. The van der Waals surface area contributed by atoms with Crippen LogP contribution in [0.3, 0.4) is 0 Å². The maximum Gasteiger partial charge on any atom is 0.321 e. The average molecular weight is 371 g/mol. The lowest BCUT2D eigenvalue weighted by molar-refractivity contribution is -0.134. The van der Waals surface area contributed by atoms with Crippen LogP contribution in [0.4, 0.5) is 14.9 Å². The van der Waals surface area contributed by atoms with Crippen molar-refractivity contribution < 1.29 is 18.7 Å². The van der Waals surface area contributed by atoms with Crippen LogP contribution >= 0.6 is 0 Å². The van der Waals surface area contributed by atoms with Crippen LogP contribution in [0.5, 0.6) is 5.75 Å². The molecule has 0 spiro atoms. The Kier molecular flexibility index (Phi) is 5.90. The van der Waals surface area contributed by atoms with E-state index in [1.54, 1.807) is 9.80 Å². The second kappa shape index (κ2) is 8.53. The highest BCUT2D eigenvalue weighted by atomic mass is 19.1. The Morgan fingerprint density at radius 3 is 2.19 bits per heavy atom. The normalized spacial score (nSPS) is 14.0. The molecule has 1 aliphatic heterocycles. The molecule has 7 heteroatoms. The predicted molar refractivity (Wildman–Crippen MR) is 100 cm³/mol. The number of hydrogen-bond acceptors (Lipinski definition) is 3. The van der Waals surface area contributed by atoms with Gasteiger partial charge in [-0.05, 0) is 43.3 Å². The Morgan fingerprint density at radius 1 is 0.963 bits per heavy atom. The Balaban J connectivity index is 1.43. The number of ether oxygens (including phenoxy) is 1. The van der Waals surface area contributed by atoms with Crippen molar-refractivity contribution >= 4 is 17.6 Å². The van der Waals surface area contributed by atoms with E-state index in [9.17, 15) is 14.0 Å². The van der Waals surface area contributed by atoms with E-state index in [0.717, 1.165) is 11.3 Å². The van der Waals surface area contributed by atoms with Crippen molar-refractivity contribution in [1.82, 2.24) is 9.80 Å². The van der Waals surface area contributed by atoms with Gasteiger partial charge in [0.1, 0.15) is 11.6 Å². The minimum atomic E-state index is -0.353. The third-order valence-electron chi connectivity index (χ3n) is 4.40. The molecule has 2 aromatic rings. The van der Waals surface area contributed by atoms with Crippen molar-refractivity contribution in [3.8, 4) is 5.75 Å². The molecule has 0 saturated carbocycles. The first-order valence-electron chi connectivity index (χ1n) is 8.80. The molecule has 1 heterocycles. The first kappa shape index (κ1) is 18.7. The topological polar surface area (TPSA) is 61.9 Å². The van der Waals surface area contributed by atoms with Crippen LogP contribution in [0.25, 0.3) is 0 Å². The van der Waals surface area contributed by atoms with Gasteiger partial charge in [0.05, 0.1) is 0 Å². The average Bonchev–Trinajstić information content (AvgIpc) is 2.69. The fourth-order valence-corrected chi connectivity index (χ4v) is 2.77. The van der Waals surface area contributed by atoms with Gasteiger partial charge in [0.15, 0.2) is 6.61 Å². The van der Waals surface area contributed by atoms with Crippen LogP contribution in [-0.2, 0) is 4.79 Å². The summed E-state index contributed by atoms with van der Waals surface area (Å²) in [5, 5.41) is 2.86. The number of hydrogen-bond donors (Lipinski definition) is 1. The molecule has 142 valence electrons. The van der Waals surface area contributed by atoms with Crippen molar-refractivity contribution in [2.24, 2.45) is 0 Å². The molecule has 0 bridgehead atoms. The number of nitrogens with zero attached hydrogens (tertiary/aromatic N) is 2. The van der Waals surface area contributed by atoms with Crippen molar-refractivity contribution in [2.45, 2.75) is 6.92 Å². The predicted octanol–water partition coefficient (Wildman–Crippen LogP) is 2.89. The van der Waals surface area contributed by atoms with Crippen LogP contribution < -0.4 is 10.1 Å². The van der Waals surface area contributed by atoms with Gasteiger partial charge < -0.3 is 19.9 Å². The highest BCUT2D eigenvalue weighted by molar-refractivity contribution is 5.89. The van der Waals surface area contributed by atoms with E-state index in [4.69, 9.17) is 4.74 Å². The quantitative estimate of drug-likeness (QED) is 0.899. The van der Waals surface area contributed by atoms with Gasteiger partial charge >= 0.3 is 6.03 Å². The van der Waals surface area contributed by atoms with Gasteiger partial charge in [-0.3, -0.25) is 4.79 Å². The molecule has 0 atom stereocenters. The molecular weight excluding hydrogens is 349 g/mol. The van der Waals surface area contributed by atoms with E-state index < -0.39 is 0 Å². The fourth-order valence-electron chi connectivity index (χ4n) is 2.77.